The highest BCUT2D eigenvalue weighted by Crippen LogP contribution is 2.16. The van der Waals surface area contributed by atoms with Crippen LogP contribution in [0.25, 0.3) is 0 Å². The molecule has 0 fully saturated rings. The van der Waals surface area contributed by atoms with Crippen LogP contribution < -0.4 is 4.72 Å². The van der Waals surface area contributed by atoms with Crippen LogP contribution in [0.3, 0.4) is 0 Å². The molecular formula is C15H16FNO3S. The fourth-order valence-electron chi connectivity index (χ4n) is 1.91. The van der Waals surface area contributed by atoms with Crippen LogP contribution in [0.5, 0.6) is 0 Å². The van der Waals surface area contributed by atoms with Gasteiger partial charge in [-0.2, -0.15) is 0 Å². The number of aliphatic hydroxyl groups excluding tert-OH is 1. The first kappa shape index (κ1) is 15.6. The molecule has 2 rings (SSSR count). The number of rotatable bonds is 6. The first-order chi connectivity index (χ1) is 9.98. The van der Waals surface area contributed by atoms with E-state index in [1.807, 2.05) is 0 Å². The summed E-state index contributed by atoms with van der Waals surface area (Å²) in [5.74, 6) is -0.745. The summed E-state index contributed by atoms with van der Waals surface area (Å²) < 4.78 is 39.6. The van der Waals surface area contributed by atoms with Crippen molar-refractivity contribution in [1.82, 2.24) is 4.72 Å². The number of hydrogen-bond donors (Lipinski definition) is 2. The van der Waals surface area contributed by atoms with Gasteiger partial charge in [-0.25, -0.2) is 17.5 Å². The molecule has 1 unspecified atom stereocenters. The van der Waals surface area contributed by atoms with E-state index in [4.69, 9.17) is 0 Å². The Balaban J connectivity index is 1.97. The fourth-order valence-corrected chi connectivity index (χ4v) is 3.05. The average molecular weight is 309 g/mol. The second-order valence-electron chi connectivity index (χ2n) is 4.63. The van der Waals surface area contributed by atoms with Gasteiger partial charge in [-0.15, -0.1) is 0 Å². The lowest BCUT2D eigenvalue weighted by molar-refractivity contribution is 0.177. The Kier molecular flexibility index (Phi) is 5.06. The van der Waals surface area contributed by atoms with E-state index in [0.29, 0.717) is 5.56 Å². The van der Waals surface area contributed by atoms with Crippen molar-refractivity contribution in [3.05, 3.63) is 71.5 Å². The zero-order chi connectivity index (χ0) is 15.3. The van der Waals surface area contributed by atoms with Gasteiger partial charge in [0.2, 0.25) is 10.0 Å². The largest absolute Gasteiger partial charge is 0.387 e. The standard InChI is InChI=1S/C15H16FNO3S/c16-14-9-5-4-8-13(14)15(18)10-17-21(19,20)11-12-6-2-1-3-7-12/h1-9,15,17-18H,10-11H2. The molecule has 0 bridgehead atoms. The summed E-state index contributed by atoms with van der Waals surface area (Å²) in [5, 5.41) is 9.86. The van der Waals surface area contributed by atoms with Gasteiger partial charge in [0.25, 0.3) is 0 Å². The zero-order valence-electron chi connectivity index (χ0n) is 11.2. The molecule has 1 atom stereocenters. The van der Waals surface area contributed by atoms with E-state index in [9.17, 15) is 17.9 Å². The fraction of sp³-hybridized carbons (Fsp3) is 0.200. The lowest BCUT2D eigenvalue weighted by atomic mass is 10.1. The third-order valence-electron chi connectivity index (χ3n) is 2.96. The monoisotopic (exact) mass is 309 g/mol. The quantitative estimate of drug-likeness (QED) is 0.857. The van der Waals surface area contributed by atoms with Crippen molar-refractivity contribution in [2.75, 3.05) is 6.54 Å². The van der Waals surface area contributed by atoms with Crippen LogP contribution in [0, 0.1) is 5.82 Å². The van der Waals surface area contributed by atoms with Crippen LogP contribution in [0.4, 0.5) is 4.39 Å². The van der Waals surface area contributed by atoms with Gasteiger partial charge in [0.1, 0.15) is 5.82 Å². The molecule has 21 heavy (non-hydrogen) atoms. The molecule has 0 amide bonds. The minimum absolute atomic E-state index is 0.0694. The van der Waals surface area contributed by atoms with Crippen LogP contribution >= 0.6 is 0 Å². The maximum Gasteiger partial charge on any atom is 0.215 e. The number of benzene rings is 2. The molecule has 0 aliphatic heterocycles. The Labute approximate surface area is 123 Å². The van der Waals surface area contributed by atoms with E-state index in [0.717, 1.165) is 0 Å². The molecule has 0 aromatic heterocycles. The van der Waals surface area contributed by atoms with Gasteiger partial charge >= 0.3 is 0 Å². The minimum Gasteiger partial charge on any atom is -0.387 e. The normalized spacial score (nSPS) is 13.0. The van der Waals surface area contributed by atoms with Gasteiger partial charge in [-0.3, -0.25) is 0 Å². The molecule has 0 heterocycles. The Morgan fingerprint density at radius 2 is 1.67 bits per heavy atom. The molecule has 0 saturated heterocycles. The van der Waals surface area contributed by atoms with Gasteiger partial charge in [0.05, 0.1) is 11.9 Å². The summed E-state index contributed by atoms with van der Waals surface area (Å²) in [7, 11) is -3.58. The second-order valence-corrected chi connectivity index (χ2v) is 6.44. The molecule has 0 aliphatic rings. The summed E-state index contributed by atoms with van der Waals surface area (Å²) in [5.41, 5.74) is 0.713. The van der Waals surface area contributed by atoms with E-state index in [1.165, 1.54) is 18.2 Å². The van der Waals surface area contributed by atoms with Crippen LogP contribution in [-0.2, 0) is 15.8 Å². The molecule has 4 nitrogen and oxygen atoms in total. The second kappa shape index (κ2) is 6.80. The predicted molar refractivity (Wildman–Crippen MR) is 78.4 cm³/mol. The summed E-state index contributed by atoms with van der Waals surface area (Å²) in [6.45, 7) is -0.268. The van der Waals surface area contributed by atoms with Crippen LogP contribution in [0.2, 0.25) is 0 Å². The summed E-state index contributed by atoms with van der Waals surface area (Å²) in [6, 6.07) is 14.4. The molecule has 0 aliphatic carbocycles. The molecule has 2 N–H and O–H groups in total. The molecule has 6 heteroatoms. The molecule has 2 aromatic carbocycles. The first-order valence-corrected chi connectivity index (χ1v) is 8.07. The summed E-state index contributed by atoms with van der Waals surface area (Å²) in [6.07, 6.45) is -1.23. The number of aliphatic hydroxyl groups is 1. The summed E-state index contributed by atoms with van der Waals surface area (Å²) >= 11 is 0. The van der Waals surface area contributed by atoms with Crippen LogP contribution in [-0.4, -0.2) is 20.1 Å². The van der Waals surface area contributed by atoms with Crippen LogP contribution in [0.15, 0.2) is 54.6 Å². The highest BCUT2D eigenvalue weighted by atomic mass is 32.2. The van der Waals surface area contributed by atoms with Crippen molar-refractivity contribution in [2.24, 2.45) is 0 Å². The number of nitrogens with one attached hydrogen (secondary N) is 1. The van der Waals surface area contributed by atoms with E-state index < -0.39 is 21.9 Å². The third-order valence-corrected chi connectivity index (χ3v) is 4.28. The highest BCUT2D eigenvalue weighted by Gasteiger charge is 2.17. The lowest BCUT2D eigenvalue weighted by Gasteiger charge is -2.13. The average Bonchev–Trinajstić information content (AvgIpc) is 2.46. The maximum absolute atomic E-state index is 13.5. The Morgan fingerprint density at radius 1 is 1.05 bits per heavy atom. The Bertz CT molecular complexity index is 689. The van der Waals surface area contributed by atoms with Gasteiger partial charge in [0, 0.05) is 12.1 Å². The lowest BCUT2D eigenvalue weighted by Crippen LogP contribution is -2.29. The molecule has 0 spiro atoms. The summed E-state index contributed by atoms with van der Waals surface area (Å²) in [4.78, 5) is 0. The van der Waals surface area contributed by atoms with Gasteiger partial charge in [0.15, 0.2) is 0 Å². The number of halogens is 1. The van der Waals surface area contributed by atoms with Crippen molar-refractivity contribution in [2.45, 2.75) is 11.9 Å². The number of hydrogen-bond acceptors (Lipinski definition) is 3. The van der Waals surface area contributed by atoms with E-state index >= 15 is 0 Å². The molecule has 112 valence electrons. The molecule has 0 saturated carbocycles. The van der Waals surface area contributed by atoms with Gasteiger partial charge < -0.3 is 5.11 Å². The minimum atomic E-state index is -3.58. The van der Waals surface area contributed by atoms with Crippen molar-refractivity contribution in [3.63, 3.8) is 0 Å². The molecule has 0 radical (unpaired) electrons. The van der Waals surface area contributed by atoms with E-state index in [-0.39, 0.29) is 17.9 Å². The zero-order valence-corrected chi connectivity index (χ0v) is 12.1. The van der Waals surface area contributed by atoms with E-state index in [2.05, 4.69) is 4.72 Å². The van der Waals surface area contributed by atoms with Crippen molar-refractivity contribution < 1.29 is 17.9 Å². The Hall–Kier alpha value is -1.76. The SMILES string of the molecule is O=S(=O)(Cc1ccccc1)NCC(O)c1ccccc1F. The third kappa shape index (κ3) is 4.63. The Morgan fingerprint density at radius 3 is 2.33 bits per heavy atom. The maximum atomic E-state index is 13.5. The highest BCUT2D eigenvalue weighted by molar-refractivity contribution is 7.88. The smallest absolute Gasteiger partial charge is 0.215 e. The first-order valence-electron chi connectivity index (χ1n) is 6.42. The predicted octanol–water partition coefficient (Wildman–Crippen LogP) is 1.98. The molecule has 2 aromatic rings. The van der Waals surface area contributed by atoms with Gasteiger partial charge in [-0.1, -0.05) is 48.5 Å². The van der Waals surface area contributed by atoms with Crippen molar-refractivity contribution in [1.29, 1.82) is 0 Å². The van der Waals surface area contributed by atoms with Crippen LogP contribution in [0.1, 0.15) is 17.2 Å². The van der Waals surface area contributed by atoms with Crippen molar-refractivity contribution in [3.8, 4) is 0 Å². The topological polar surface area (TPSA) is 66.4 Å². The van der Waals surface area contributed by atoms with E-state index in [1.54, 1.807) is 36.4 Å². The number of sulfonamides is 1. The van der Waals surface area contributed by atoms with Gasteiger partial charge in [-0.05, 0) is 11.6 Å². The molecular weight excluding hydrogens is 293 g/mol. The van der Waals surface area contributed by atoms with Crippen molar-refractivity contribution >= 4 is 10.0 Å².